The van der Waals surface area contributed by atoms with Gasteiger partial charge >= 0.3 is 0 Å². The van der Waals surface area contributed by atoms with Crippen LogP contribution in [0.4, 0.5) is 0 Å². The summed E-state index contributed by atoms with van der Waals surface area (Å²) in [5.74, 6) is 0. The molecule has 1 N–H and O–H groups in total. The van der Waals surface area contributed by atoms with Crippen molar-refractivity contribution in [3.8, 4) is 0 Å². The Morgan fingerprint density at radius 3 is 2.88 bits per heavy atom. The molecule has 1 heterocycles. The summed E-state index contributed by atoms with van der Waals surface area (Å²) >= 11 is 0. The van der Waals surface area contributed by atoms with Gasteiger partial charge in [0.2, 0.25) is 0 Å². The Morgan fingerprint density at radius 2 is 2.24 bits per heavy atom. The van der Waals surface area contributed by atoms with Crippen molar-refractivity contribution in [2.45, 2.75) is 31.3 Å². The predicted octanol–water partition coefficient (Wildman–Crippen LogP) is 3.07. The third-order valence-electron chi connectivity index (χ3n) is 3.23. The van der Waals surface area contributed by atoms with Gasteiger partial charge in [0, 0.05) is 18.7 Å². The normalized spacial score (nSPS) is 21.3. The van der Waals surface area contributed by atoms with Crippen LogP contribution in [0, 0.1) is 0 Å². The van der Waals surface area contributed by atoms with Gasteiger partial charge in [0.25, 0.3) is 0 Å². The second-order valence-electron chi connectivity index (χ2n) is 4.56. The van der Waals surface area contributed by atoms with E-state index in [1.165, 1.54) is 5.56 Å². The van der Waals surface area contributed by atoms with Crippen LogP contribution in [-0.4, -0.2) is 19.3 Å². The van der Waals surface area contributed by atoms with E-state index in [0.29, 0.717) is 12.1 Å². The van der Waals surface area contributed by atoms with E-state index in [9.17, 15) is 0 Å². The third-order valence-corrected chi connectivity index (χ3v) is 3.23. The number of hydrogen-bond acceptors (Lipinski definition) is 2. The molecule has 0 radical (unpaired) electrons. The van der Waals surface area contributed by atoms with Gasteiger partial charge in [0.05, 0.1) is 6.61 Å². The Labute approximate surface area is 104 Å². The minimum Gasteiger partial charge on any atom is -0.380 e. The molecule has 1 fully saturated rings. The van der Waals surface area contributed by atoms with Crippen molar-refractivity contribution in [2.75, 3.05) is 13.2 Å². The summed E-state index contributed by atoms with van der Waals surface area (Å²) in [7, 11) is 0. The molecule has 0 saturated carbocycles. The van der Waals surface area contributed by atoms with Crippen molar-refractivity contribution in [3.63, 3.8) is 0 Å². The van der Waals surface area contributed by atoms with Crippen molar-refractivity contribution < 1.29 is 4.74 Å². The van der Waals surface area contributed by atoms with E-state index >= 15 is 0 Å². The minimum atomic E-state index is 0.418. The van der Waals surface area contributed by atoms with Gasteiger partial charge in [0.15, 0.2) is 0 Å². The first kappa shape index (κ1) is 12.3. The Kier molecular flexibility index (Phi) is 4.77. The molecule has 0 aliphatic carbocycles. The molecule has 2 heteroatoms. The summed E-state index contributed by atoms with van der Waals surface area (Å²) in [5, 5.41) is 3.69. The molecule has 2 nitrogen and oxygen atoms in total. The number of hydrogen-bond donors (Lipinski definition) is 1. The fraction of sp³-hybridized carbons (Fsp3) is 0.467. The minimum absolute atomic E-state index is 0.418. The molecule has 2 atom stereocenters. The molecule has 0 bridgehead atoms. The quantitative estimate of drug-likeness (QED) is 0.760. The van der Waals surface area contributed by atoms with Gasteiger partial charge in [-0.1, -0.05) is 36.4 Å². The van der Waals surface area contributed by atoms with Crippen molar-refractivity contribution in [3.05, 3.63) is 48.6 Å². The standard InChI is InChI=1S/C15H21NO/c1-2-3-9-15(13-7-5-4-6-8-13)16-14-10-11-17-12-14/h2,4-8,14-16H,1,3,9-12H2/t14-,15-/m1/s1. The summed E-state index contributed by atoms with van der Waals surface area (Å²) in [4.78, 5) is 0. The van der Waals surface area contributed by atoms with Crippen molar-refractivity contribution >= 4 is 0 Å². The van der Waals surface area contributed by atoms with Crippen LogP contribution in [0.5, 0.6) is 0 Å². The van der Waals surface area contributed by atoms with E-state index < -0.39 is 0 Å². The topological polar surface area (TPSA) is 21.3 Å². The summed E-state index contributed by atoms with van der Waals surface area (Å²) in [6, 6.07) is 11.6. The molecule has 0 unspecified atom stereocenters. The van der Waals surface area contributed by atoms with Gasteiger partial charge in [-0.3, -0.25) is 0 Å². The third kappa shape index (κ3) is 3.69. The smallest absolute Gasteiger partial charge is 0.0620 e. The van der Waals surface area contributed by atoms with Crippen LogP contribution in [0.1, 0.15) is 30.9 Å². The maximum atomic E-state index is 5.42. The van der Waals surface area contributed by atoms with E-state index in [-0.39, 0.29) is 0 Å². The van der Waals surface area contributed by atoms with E-state index in [0.717, 1.165) is 32.5 Å². The molecule has 92 valence electrons. The van der Waals surface area contributed by atoms with E-state index in [1.807, 2.05) is 6.08 Å². The summed E-state index contributed by atoms with van der Waals surface area (Å²) < 4.78 is 5.42. The number of rotatable bonds is 6. The van der Waals surface area contributed by atoms with Crippen molar-refractivity contribution in [1.29, 1.82) is 0 Å². The van der Waals surface area contributed by atoms with Crippen molar-refractivity contribution in [1.82, 2.24) is 5.32 Å². The molecule has 1 aliphatic rings. The summed E-state index contributed by atoms with van der Waals surface area (Å²) in [6.45, 7) is 5.54. The van der Waals surface area contributed by atoms with Gasteiger partial charge in [-0.15, -0.1) is 6.58 Å². The van der Waals surface area contributed by atoms with Crippen LogP contribution >= 0.6 is 0 Å². The Morgan fingerprint density at radius 1 is 1.41 bits per heavy atom. The predicted molar refractivity (Wildman–Crippen MR) is 71.0 cm³/mol. The lowest BCUT2D eigenvalue weighted by Gasteiger charge is -2.22. The lowest BCUT2D eigenvalue weighted by molar-refractivity contribution is 0.187. The SMILES string of the molecule is C=CCC[C@@H](N[C@@H]1CCOC1)c1ccccc1. The largest absolute Gasteiger partial charge is 0.380 e. The van der Waals surface area contributed by atoms with Crippen LogP contribution in [0.2, 0.25) is 0 Å². The molecule has 0 spiro atoms. The van der Waals surface area contributed by atoms with E-state index in [2.05, 4.69) is 42.2 Å². The van der Waals surface area contributed by atoms with Gasteiger partial charge in [-0.25, -0.2) is 0 Å². The number of ether oxygens (including phenoxy) is 1. The van der Waals surface area contributed by atoms with E-state index in [4.69, 9.17) is 4.74 Å². The van der Waals surface area contributed by atoms with Gasteiger partial charge in [0.1, 0.15) is 0 Å². The molecule has 1 aromatic rings. The lowest BCUT2D eigenvalue weighted by atomic mass is 10.0. The van der Waals surface area contributed by atoms with Crippen LogP contribution in [-0.2, 0) is 4.74 Å². The van der Waals surface area contributed by atoms with Crippen LogP contribution in [0.25, 0.3) is 0 Å². The fourth-order valence-electron chi connectivity index (χ4n) is 2.27. The zero-order valence-corrected chi connectivity index (χ0v) is 10.3. The van der Waals surface area contributed by atoms with Gasteiger partial charge in [-0.2, -0.15) is 0 Å². The average molecular weight is 231 g/mol. The molecule has 0 amide bonds. The van der Waals surface area contributed by atoms with Crippen LogP contribution in [0.15, 0.2) is 43.0 Å². The second-order valence-corrected chi connectivity index (χ2v) is 4.56. The van der Waals surface area contributed by atoms with Gasteiger partial charge < -0.3 is 10.1 Å². The molecular weight excluding hydrogens is 210 g/mol. The Hall–Kier alpha value is -1.12. The van der Waals surface area contributed by atoms with Gasteiger partial charge in [-0.05, 0) is 24.8 Å². The molecule has 1 aliphatic heterocycles. The lowest BCUT2D eigenvalue weighted by Crippen LogP contribution is -2.33. The summed E-state index contributed by atoms with van der Waals surface area (Å²) in [6.07, 6.45) is 5.25. The fourth-order valence-corrected chi connectivity index (χ4v) is 2.27. The highest BCUT2D eigenvalue weighted by atomic mass is 16.5. The van der Waals surface area contributed by atoms with Crippen LogP contribution in [0.3, 0.4) is 0 Å². The number of allylic oxidation sites excluding steroid dienone is 1. The first-order valence-corrected chi connectivity index (χ1v) is 6.40. The number of benzene rings is 1. The van der Waals surface area contributed by atoms with E-state index in [1.54, 1.807) is 0 Å². The molecule has 1 saturated heterocycles. The zero-order valence-electron chi connectivity index (χ0n) is 10.3. The monoisotopic (exact) mass is 231 g/mol. The maximum absolute atomic E-state index is 5.42. The zero-order chi connectivity index (χ0) is 11.9. The first-order chi connectivity index (χ1) is 8.40. The second kappa shape index (κ2) is 6.58. The molecular formula is C15H21NO. The summed E-state index contributed by atoms with van der Waals surface area (Å²) in [5.41, 5.74) is 1.36. The average Bonchev–Trinajstić information content (AvgIpc) is 2.88. The molecule has 17 heavy (non-hydrogen) atoms. The first-order valence-electron chi connectivity index (χ1n) is 6.40. The Bertz CT molecular complexity index is 330. The highest BCUT2D eigenvalue weighted by Crippen LogP contribution is 2.20. The highest BCUT2D eigenvalue weighted by molar-refractivity contribution is 5.19. The molecule has 0 aromatic heterocycles. The van der Waals surface area contributed by atoms with Crippen LogP contribution < -0.4 is 5.32 Å². The highest BCUT2D eigenvalue weighted by Gasteiger charge is 2.20. The maximum Gasteiger partial charge on any atom is 0.0620 e. The molecule has 2 rings (SSSR count). The number of nitrogens with one attached hydrogen (secondary N) is 1. The Balaban J connectivity index is 1.99. The molecule has 1 aromatic carbocycles. The van der Waals surface area contributed by atoms with Crippen molar-refractivity contribution in [2.24, 2.45) is 0 Å².